The van der Waals surface area contributed by atoms with Crippen molar-refractivity contribution < 1.29 is 9.53 Å². The number of carbonyl (C=O) groups excluding carboxylic acids is 1. The molecule has 0 bridgehead atoms. The maximum Gasteiger partial charge on any atom is 0.327 e. The molecular formula is C18H19NO2. The fraction of sp³-hybridized carbons (Fsp3) is 0.167. The Morgan fingerprint density at radius 2 is 1.71 bits per heavy atom. The first kappa shape index (κ1) is 15.0. The molecule has 21 heavy (non-hydrogen) atoms. The van der Waals surface area contributed by atoms with E-state index in [1.807, 2.05) is 72.8 Å². The van der Waals surface area contributed by atoms with Crippen molar-refractivity contribution in [1.29, 1.82) is 0 Å². The number of hydrogen-bond donors (Lipinski definition) is 1. The fourth-order valence-electron chi connectivity index (χ4n) is 2.05. The molecule has 0 aliphatic rings. The Labute approximate surface area is 125 Å². The smallest absolute Gasteiger partial charge is 0.327 e. The Balaban J connectivity index is 1.97. The quantitative estimate of drug-likeness (QED) is 0.826. The summed E-state index contributed by atoms with van der Waals surface area (Å²) in [5.41, 5.74) is 2.03. The minimum absolute atomic E-state index is 0.283. The van der Waals surface area contributed by atoms with Crippen molar-refractivity contribution >= 4 is 12.0 Å². The van der Waals surface area contributed by atoms with Crippen LogP contribution in [0, 0.1) is 0 Å². The van der Waals surface area contributed by atoms with Crippen LogP contribution < -0.4 is 5.32 Å². The molecule has 108 valence electrons. The normalized spacial score (nSPS) is 12.2. The SMILES string of the molecule is COC(=O)[C@H](NC/C=C/c1ccccc1)c1ccccc1. The van der Waals surface area contributed by atoms with E-state index in [0.717, 1.165) is 11.1 Å². The average Bonchev–Trinajstić information content (AvgIpc) is 2.56. The van der Waals surface area contributed by atoms with E-state index < -0.39 is 6.04 Å². The van der Waals surface area contributed by atoms with Gasteiger partial charge in [-0.3, -0.25) is 5.32 Å². The standard InChI is InChI=1S/C18H19NO2/c1-21-18(20)17(16-12-6-3-7-13-16)19-14-8-11-15-9-4-2-5-10-15/h2-13,17,19H,14H2,1H3/b11-8+/t17-/m1/s1. The van der Waals surface area contributed by atoms with E-state index in [9.17, 15) is 4.79 Å². The summed E-state index contributed by atoms with van der Waals surface area (Å²) in [5.74, 6) is -0.283. The van der Waals surface area contributed by atoms with Crippen molar-refractivity contribution in [1.82, 2.24) is 5.32 Å². The molecule has 0 fully saturated rings. The average molecular weight is 281 g/mol. The van der Waals surface area contributed by atoms with Gasteiger partial charge in [0.2, 0.25) is 0 Å². The summed E-state index contributed by atoms with van der Waals surface area (Å²) < 4.78 is 4.86. The molecule has 0 spiro atoms. The number of ether oxygens (including phenoxy) is 1. The summed E-state index contributed by atoms with van der Waals surface area (Å²) in [6, 6.07) is 19.2. The number of nitrogens with one attached hydrogen (secondary N) is 1. The number of benzene rings is 2. The second-order valence-electron chi connectivity index (χ2n) is 4.59. The van der Waals surface area contributed by atoms with Gasteiger partial charge in [-0.05, 0) is 11.1 Å². The highest BCUT2D eigenvalue weighted by Gasteiger charge is 2.19. The molecule has 0 aliphatic heterocycles. The predicted molar refractivity (Wildman–Crippen MR) is 84.7 cm³/mol. The van der Waals surface area contributed by atoms with Gasteiger partial charge in [0.05, 0.1) is 7.11 Å². The summed E-state index contributed by atoms with van der Waals surface area (Å²) in [6.45, 7) is 0.587. The Morgan fingerprint density at radius 3 is 2.33 bits per heavy atom. The van der Waals surface area contributed by atoms with Crippen LogP contribution in [0.3, 0.4) is 0 Å². The van der Waals surface area contributed by atoms with Gasteiger partial charge in [-0.2, -0.15) is 0 Å². The largest absolute Gasteiger partial charge is 0.468 e. The lowest BCUT2D eigenvalue weighted by Crippen LogP contribution is -2.29. The van der Waals surface area contributed by atoms with Gasteiger partial charge >= 0.3 is 5.97 Å². The lowest BCUT2D eigenvalue weighted by atomic mass is 10.1. The van der Waals surface area contributed by atoms with Crippen molar-refractivity contribution in [3.63, 3.8) is 0 Å². The zero-order chi connectivity index (χ0) is 14.9. The highest BCUT2D eigenvalue weighted by atomic mass is 16.5. The van der Waals surface area contributed by atoms with Crippen LogP contribution in [0.1, 0.15) is 17.2 Å². The van der Waals surface area contributed by atoms with Gasteiger partial charge in [0, 0.05) is 6.54 Å². The monoisotopic (exact) mass is 281 g/mol. The van der Waals surface area contributed by atoms with Crippen molar-refractivity contribution in [2.75, 3.05) is 13.7 Å². The maximum absolute atomic E-state index is 11.9. The fourth-order valence-corrected chi connectivity index (χ4v) is 2.05. The van der Waals surface area contributed by atoms with Crippen molar-refractivity contribution in [3.8, 4) is 0 Å². The molecule has 0 saturated carbocycles. The van der Waals surface area contributed by atoms with Crippen LogP contribution in [-0.2, 0) is 9.53 Å². The summed E-state index contributed by atoms with van der Waals surface area (Å²) in [6.07, 6.45) is 4.01. The molecule has 0 aromatic heterocycles. The summed E-state index contributed by atoms with van der Waals surface area (Å²) >= 11 is 0. The van der Waals surface area contributed by atoms with Gasteiger partial charge in [0.15, 0.2) is 0 Å². The van der Waals surface area contributed by atoms with Gasteiger partial charge in [-0.1, -0.05) is 72.8 Å². The van der Waals surface area contributed by atoms with E-state index in [-0.39, 0.29) is 5.97 Å². The van der Waals surface area contributed by atoms with Crippen LogP contribution in [0.25, 0.3) is 6.08 Å². The maximum atomic E-state index is 11.9. The molecule has 2 aromatic carbocycles. The molecule has 1 N–H and O–H groups in total. The molecule has 0 aliphatic carbocycles. The molecule has 0 radical (unpaired) electrons. The van der Waals surface area contributed by atoms with Gasteiger partial charge in [-0.15, -0.1) is 0 Å². The van der Waals surface area contributed by atoms with E-state index in [1.54, 1.807) is 0 Å². The number of rotatable bonds is 6. The van der Waals surface area contributed by atoms with Crippen molar-refractivity contribution in [3.05, 3.63) is 77.9 Å². The highest BCUT2D eigenvalue weighted by Crippen LogP contribution is 2.13. The third-order valence-corrected chi connectivity index (χ3v) is 3.12. The molecule has 3 heteroatoms. The molecule has 0 amide bonds. The van der Waals surface area contributed by atoms with Gasteiger partial charge in [-0.25, -0.2) is 4.79 Å². The van der Waals surface area contributed by atoms with Crippen molar-refractivity contribution in [2.24, 2.45) is 0 Å². The Kier molecular flexibility index (Phi) is 5.73. The van der Waals surface area contributed by atoms with E-state index >= 15 is 0 Å². The Hall–Kier alpha value is -2.39. The number of hydrogen-bond acceptors (Lipinski definition) is 3. The number of carbonyl (C=O) groups is 1. The summed E-state index contributed by atoms with van der Waals surface area (Å²) in [4.78, 5) is 11.9. The Bertz CT molecular complexity index is 579. The second kappa shape index (κ2) is 8.02. The zero-order valence-corrected chi connectivity index (χ0v) is 12.0. The minimum Gasteiger partial charge on any atom is -0.468 e. The van der Waals surface area contributed by atoms with Crippen LogP contribution in [0.4, 0.5) is 0 Å². The van der Waals surface area contributed by atoms with Crippen LogP contribution in [0.2, 0.25) is 0 Å². The van der Waals surface area contributed by atoms with Gasteiger partial charge in [0.1, 0.15) is 6.04 Å². The molecule has 0 saturated heterocycles. The third-order valence-electron chi connectivity index (χ3n) is 3.12. The first-order chi connectivity index (χ1) is 10.3. The van der Waals surface area contributed by atoms with E-state index in [4.69, 9.17) is 4.74 Å². The number of methoxy groups -OCH3 is 1. The van der Waals surface area contributed by atoms with Crippen LogP contribution in [0.5, 0.6) is 0 Å². The first-order valence-electron chi connectivity index (χ1n) is 6.89. The Morgan fingerprint density at radius 1 is 1.10 bits per heavy atom. The molecule has 3 nitrogen and oxygen atoms in total. The topological polar surface area (TPSA) is 38.3 Å². The van der Waals surface area contributed by atoms with Gasteiger partial charge in [0.25, 0.3) is 0 Å². The predicted octanol–water partition coefficient (Wildman–Crippen LogP) is 3.20. The van der Waals surface area contributed by atoms with E-state index in [0.29, 0.717) is 6.54 Å². The molecule has 0 heterocycles. The first-order valence-corrected chi connectivity index (χ1v) is 6.89. The highest BCUT2D eigenvalue weighted by molar-refractivity contribution is 5.77. The lowest BCUT2D eigenvalue weighted by molar-refractivity contribution is -0.143. The minimum atomic E-state index is -0.448. The molecular weight excluding hydrogens is 262 g/mol. The second-order valence-corrected chi connectivity index (χ2v) is 4.59. The summed E-state index contributed by atoms with van der Waals surface area (Å²) in [5, 5.41) is 3.20. The third kappa shape index (κ3) is 4.58. The van der Waals surface area contributed by atoms with Gasteiger partial charge < -0.3 is 4.74 Å². The van der Waals surface area contributed by atoms with E-state index in [1.165, 1.54) is 7.11 Å². The zero-order valence-electron chi connectivity index (χ0n) is 12.0. The number of esters is 1. The van der Waals surface area contributed by atoms with E-state index in [2.05, 4.69) is 5.32 Å². The molecule has 2 rings (SSSR count). The lowest BCUT2D eigenvalue weighted by Gasteiger charge is -2.15. The molecule has 2 aromatic rings. The van der Waals surface area contributed by atoms with Crippen LogP contribution in [-0.4, -0.2) is 19.6 Å². The van der Waals surface area contributed by atoms with Crippen LogP contribution >= 0.6 is 0 Å². The van der Waals surface area contributed by atoms with Crippen LogP contribution in [0.15, 0.2) is 66.7 Å². The summed E-state index contributed by atoms with van der Waals surface area (Å²) in [7, 11) is 1.40. The van der Waals surface area contributed by atoms with Crippen molar-refractivity contribution in [2.45, 2.75) is 6.04 Å². The molecule has 0 unspecified atom stereocenters. The molecule has 1 atom stereocenters.